The molecule has 2 aliphatic heterocycles. The first-order chi connectivity index (χ1) is 7.27. The quantitative estimate of drug-likeness (QED) is 0.678. The van der Waals surface area contributed by atoms with Gasteiger partial charge in [-0.05, 0) is 13.3 Å². The Hall–Kier alpha value is -0.810. The van der Waals surface area contributed by atoms with Crippen molar-refractivity contribution in [2.75, 3.05) is 32.9 Å². The molecule has 0 aromatic carbocycles. The average Bonchev–Trinajstić information content (AvgIpc) is 2.66. The normalized spacial score (nSPS) is 31.7. The lowest BCUT2D eigenvalue weighted by atomic mass is 10.2. The van der Waals surface area contributed by atoms with Crippen LogP contribution in [0.2, 0.25) is 0 Å². The van der Waals surface area contributed by atoms with Crippen LogP contribution in [0.5, 0.6) is 0 Å². The maximum Gasteiger partial charge on any atom is 0.317 e. The van der Waals surface area contributed by atoms with Crippen LogP contribution in [-0.4, -0.2) is 56.0 Å². The van der Waals surface area contributed by atoms with Gasteiger partial charge >= 0.3 is 6.03 Å². The first-order valence-corrected chi connectivity index (χ1v) is 5.52. The molecule has 0 radical (unpaired) electrons. The van der Waals surface area contributed by atoms with Gasteiger partial charge < -0.3 is 19.7 Å². The second-order valence-electron chi connectivity index (χ2n) is 4.02. The summed E-state index contributed by atoms with van der Waals surface area (Å²) in [7, 11) is 0. The predicted molar refractivity (Wildman–Crippen MR) is 54.7 cm³/mol. The third kappa shape index (κ3) is 2.60. The summed E-state index contributed by atoms with van der Waals surface area (Å²) in [6.45, 7) is 5.41. The van der Waals surface area contributed by atoms with Gasteiger partial charge in [0, 0.05) is 19.7 Å². The number of urea groups is 1. The Morgan fingerprint density at radius 1 is 1.33 bits per heavy atom. The van der Waals surface area contributed by atoms with Crippen molar-refractivity contribution in [2.45, 2.75) is 25.5 Å². The van der Waals surface area contributed by atoms with E-state index in [-0.39, 0.29) is 18.2 Å². The molecule has 86 valence electrons. The van der Waals surface area contributed by atoms with Crippen molar-refractivity contribution in [1.82, 2.24) is 10.2 Å². The number of carbonyl (C=O) groups excluding carboxylic acids is 1. The Morgan fingerprint density at radius 3 is 2.67 bits per heavy atom. The Bertz CT molecular complexity index is 229. The number of rotatable bonds is 1. The summed E-state index contributed by atoms with van der Waals surface area (Å²) in [5.74, 6) is 0. The van der Waals surface area contributed by atoms with Crippen molar-refractivity contribution in [2.24, 2.45) is 0 Å². The van der Waals surface area contributed by atoms with E-state index >= 15 is 0 Å². The molecule has 0 bridgehead atoms. The standard InChI is InChI=1S/C10H18N2O3/c1-8-9(2-5-15-8)11-10(13)12-3-6-14-7-4-12/h8-9H,2-7H2,1H3,(H,11,13). The Morgan fingerprint density at radius 2 is 2.07 bits per heavy atom. The van der Waals surface area contributed by atoms with Gasteiger partial charge in [-0.25, -0.2) is 4.79 Å². The highest BCUT2D eigenvalue weighted by Gasteiger charge is 2.27. The number of morpholine rings is 1. The number of nitrogens with zero attached hydrogens (tertiary/aromatic N) is 1. The van der Waals surface area contributed by atoms with Gasteiger partial charge in [-0.2, -0.15) is 0 Å². The SMILES string of the molecule is CC1OCCC1NC(=O)N1CCOCC1. The highest BCUT2D eigenvalue weighted by Crippen LogP contribution is 2.13. The second-order valence-corrected chi connectivity index (χ2v) is 4.02. The average molecular weight is 214 g/mol. The summed E-state index contributed by atoms with van der Waals surface area (Å²) in [5, 5.41) is 3.00. The van der Waals surface area contributed by atoms with Gasteiger partial charge in [0.15, 0.2) is 0 Å². The number of hydrogen-bond acceptors (Lipinski definition) is 3. The predicted octanol–water partition coefficient (Wildman–Crippen LogP) is 0.206. The van der Waals surface area contributed by atoms with E-state index < -0.39 is 0 Å². The summed E-state index contributed by atoms with van der Waals surface area (Å²) >= 11 is 0. The van der Waals surface area contributed by atoms with Crippen LogP contribution >= 0.6 is 0 Å². The first-order valence-electron chi connectivity index (χ1n) is 5.52. The topological polar surface area (TPSA) is 50.8 Å². The number of carbonyl (C=O) groups is 1. The molecule has 5 nitrogen and oxygen atoms in total. The van der Waals surface area contributed by atoms with Crippen LogP contribution in [0.4, 0.5) is 4.79 Å². The van der Waals surface area contributed by atoms with Crippen LogP contribution in [0.3, 0.4) is 0 Å². The first kappa shape index (κ1) is 10.7. The molecule has 1 N–H and O–H groups in total. The molecule has 2 aliphatic rings. The fourth-order valence-electron chi connectivity index (χ4n) is 1.94. The molecule has 0 spiro atoms. The van der Waals surface area contributed by atoms with Gasteiger partial charge in [0.2, 0.25) is 0 Å². The van der Waals surface area contributed by atoms with Crippen LogP contribution in [-0.2, 0) is 9.47 Å². The van der Waals surface area contributed by atoms with Crippen LogP contribution in [0.15, 0.2) is 0 Å². The summed E-state index contributed by atoms with van der Waals surface area (Å²) in [4.78, 5) is 13.6. The summed E-state index contributed by atoms with van der Waals surface area (Å²) < 4.78 is 10.6. The zero-order valence-electron chi connectivity index (χ0n) is 9.07. The van der Waals surface area contributed by atoms with E-state index in [1.165, 1.54) is 0 Å². The van der Waals surface area contributed by atoms with Gasteiger partial charge in [-0.15, -0.1) is 0 Å². The van der Waals surface area contributed by atoms with Crippen LogP contribution in [0, 0.1) is 0 Å². The van der Waals surface area contributed by atoms with E-state index in [1.54, 1.807) is 4.90 Å². The van der Waals surface area contributed by atoms with E-state index in [0.717, 1.165) is 13.0 Å². The van der Waals surface area contributed by atoms with E-state index in [2.05, 4.69) is 5.32 Å². The zero-order chi connectivity index (χ0) is 10.7. The molecule has 0 aromatic heterocycles. The molecule has 0 aliphatic carbocycles. The van der Waals surface area contributed by atoms with Gasteiger partial charge in [-0.3, -0.25) is 0 Å². The molecule has 2 unspecified atom stereocenters. The van der Waals surface area contributed by atoms with E-state index in [1.807, 2.05) is 6.92 Å². The third-order valence-corrected chi connectivity index (χ3v) is 2.98. The molecule has 0 saturated carbocycles. The van der Waals surface area contributed by atoms with Gasteiger partial charge in [-0.1, -0.05) is 0 Å². The summed E-state index contributed by atoms with van der Waals surface area (Å²) in [6.07, 6.45) is 1.05. The molecule has 2 saturated heterocycles. The van der Waals surface area contributed by atoms with Crippen molar-refractivity contribution >= 4 is 6.03 Å². The summed E-state index contributed by atoms with van der Waals surface area (Å²) in [5.41, 5.74) is 0. The van der Waals surface area contributed by atoms with Crippen molar-refractivity contribution in [3.63, 3.8) is 0 Å². The lowest BCUT2D eigenvalue weighted by Gasteiger charge is -2.28. The molecular weight excluding hydrogens is 196 g/mol. The molecule has 2 atom stereocenters. The second kappa shape index (κ2) is 4.81. The molecule has 0 aromatic rings. The van der Waals surface area contributed by atoms with E-state index in [9.17, 15) is 4.79 Å². The van der Waals surface area contributed by atoms with Crippen molar-refractivity contribution in [3.05, 3.63) is 0 Å². The smallest absolute Gasteiger partial charge is 0.317 e. The fourth-order valence-corrected chi connectivity index (χ4v) is 1.94. The zero-order valence-corrected chi connectivity index (χ0v) is 9.07. The monoisotopic (exact) mass is 214 g/mol. The van der Waals surface area contributed by atoms with Gasteiger partial charge in [0.25, 0.3) is 0 Å². The fraction of sp³-hybridized carbons (Fsp3) is 0.900. The minimum atomic E-state index is 0.0145. The Kier molecular flexibility index (Phi) is 3.43. The molecule has 5 heteroatoms. The number of amides is 2. The molecule has 15 heavy (non-hydrogen) atoms. The van der Waals surface area contributed by atoms with Crippen molar-refractivity contribution < 1.29 is 14.3 Å². The lowest BCUT2D eigenvalue weighted by molar-refractivity contribution is 0.0511. The third-order valence-electron chi connectivity index (χ3n) is 2.98. The van der Waals surface area contributed by atoms with Crippen molar-refractivity contribution in [3.8, 4) is 0 Å². The molecular formula is C10H18N2O3. The molecule has 2 amide bonds. The van der Waals surface area contributed by atoms with Crippen LogP contribution in [0.25, 0.3) is 0 Å². The van der Waals surface area contributed by atoms with Crippen molar-refractivity contribution in [1.29, 1.82) is 0 Å². The molecule has 2 rings (SSSR count). The maximum atomic E-state index is 11.8. The molecule has 2 fully saturated rings. The number of nitrogens with one attached hydrogen (secondary N) is 1. The van der Waals surface area contributed by atoms with Crippen LogP contribution in [0.1, 0.15) is 13.3 Å². The van der Waals surface area contributed by atoms with E-state index in [0.29, 0.717) is 26.3 Å². The molecule has 2 heterocycles. The Balaban J connectivity index is 1.80. The Labute approximate surface area is 89.7 Å². The maximum absolute atomic E-state index is 11.8. The highest BCUT2D eigenvalue weighted by molar-refractivity contribution is 5.74. The van der Waals surface area contributed by atoms with Gasteiger partial charge in [0.1, 0.15) is 0 Å². The summed E-state index contributed by atoms with van der Waals surface area (Å²) in [6, 6.07) is 0.181. The minimum absolute atomic E-state index is 0.0145. The number of ether oxygens (including phenoxy) is 2. The lowest BCUT2D eigenvalue weighted by Crippen LogP contribution is -2.50. The highest BCUT2D eigenvalue weighted by atomic mass is 16.5. The largest absolute Gasteiger partial charge is 0.378 e. The number of hydrogen-bond donors (Lipinski definition) is 1. The minimum Gasteiger partial charge on any atom is -0.378 e. The van der Waals surface area contributed by atoms with Gasteiger partial charge in [0.05, 0.1) is 25.4 Å². The van der Waals surface area contributed by atoms with Crippen LogP contribution < -0.4 is 5.32 Å². The van der Waals surface area contributed by atoms with E-state index in [4.69, 9.17) is 9.47 Å².